The molecular formula is C40H36Cl2O3P5Zr-. The van der Waals surface area contributed by atoms with E-state index in [9.17, 15) is 0 Å². The molecule has 0 aliphatic rings. The summed E-state index contributed by atoms with van der Waals surface area (Å²) >= 11 is 0. The number of hydrogen-bond acceptors (Lipinski definition) is 3. The molecule has 11 heteroatoms. The molecule has 7 rings (SSSR count). The van der Waals surface area contributed by atoms with Crippen LogP contribution in [-0.4, -0.2) is 5.14 Å². The summed E-state index contributed by atoms with van der Waals surface area (Å²) in [6.07, 6.45) is 0. The van der Waals surface area contributed by atoms with Gasteiger partial charge in [-0.15, -0.1) is 24.8 Å². The molecular weight excluding hydrogens is 845 g/mol. The van der Waals surface area contributed by atoms with Crippen molar-refractivity contribution in [2.45, 2.75) is 5.14 Å². The standard InChI is InChI=1S/C37H31O3P3.C3H3P2.2ClH.Zr/c38-41(31-19-7-1-8-20-31,32-21-9-2-10-22-32)37(42(39,33-23-11-3-12-24-33)34-25-13-4-14-26-34)43(40,35-27-15-5-16-28-35)36-29-17-6-18-30-36;1-2-4-5-3-1;;;/h1-30,37H;1-2,4H;2*1H;/q;-1;;;. The van der Waals surface area contributed by atoms with Crippen molar-refractivity contribution in [2.75, 3.05) is 0 Å². The average Bonchev–Trinajstić information content (AvgIpc) is 3.78. The molecule has 0 amide bonds. The van der Waals surface area contributed by atoms with E-state index >= 15 is 13.7 Å². The van der Waals surface area contributed by atoms with Gasteiger partial charge in [0.15, 0.2) is 21.4 Å². The van der Waals surface area contributed by atoms with Crippen molar-refractivity contribution >= 4 is 93.8 Å². The number of hydrogen-bond donors (Lipinski definition) is 0. The molecule has 258 valence electrons. The minimum atomic E-state index is -3.97. The van der Waals surface area contributed by atoms with E-state index in [4.69, 9.17) is 0 Å². The van der Waals surface area contributed by atoms with Gasteiger partial charge < -0.3 is 13.7 Å². The van der Waals surface area contributed by atoms with Gasteiger partial charge in [0.25, 0.3) is 0 Å². The van der Waals surface area contributed by atoms with Crippen LogP contribution in [0.2, 0.25) is 0 Å². The zero-order valence-corrected chi connectivity index (χ0v) is 36.1. The Morgan fingerprint density at radius 2 is 0.627 bits per heavy atom. The van der Waals surface area contributed by atoms with Crippen LogP contribution >= 0.6 is 62.0 Å². The maximum absolute atomic E-state index is 16.6. The summed E-state index contributed by atoms with van der Waals surface area (Å²) in [6, 6.07) is 57.2. The first kappa shape index (κ1) is 43.1. The van der Waals surface area contributed by atoms with Gasteiger partial charge in [0.1, 0.15) is 5.14 Å². The molecule has 0 radical (unpaired) electrons. The number of rotatable bonds is 9. The topological polar surface area (TPSA) is 51.2 Å². The Kier molecular flexibility index (Phi) is 17.1. The Balaban J connectivity index is 0.000000809. The second-order valence-electron chi connectivity index (χ2n) is 11.0. The minimum absolute atomic E-state index is 0. The van der Waals surface area contributed by atoms with Gasteiger partial charge in [0.2, 0.25) is 0 Å². The van der Waals surface area contributed by atoms with Gasteiger partial charge in [-0.2, -0.15) is 13.7 Å². The van der Waals surface area contributed by atoms with Crippen molar-refractivity contribution in [3.8, 4) is 0 Å². The summed E-state index contributed by atoms with van der Waals surface area (Å²) in [5, 5.41) is 1.80. The van der Waals surface area contributed by atoms with Gasteiger partial charge in [-0.1, -0.05) is 182 Å². The van der Waals surface area contributed by atoms with Gasteiger partial charge >= 0.3 is 0 Å². The van der Waals surface area contributed by atoms with Crippen molar-refractivity contribution in [2.24, 2.45) is 0 Å². The van der Waals surface area contributed by atoms with Crippen LogP contribution in [0.3, 0.4) is 0 Å². The number of benzene rings is 6. The molecule has 7 aromatic rings. The van der Waals surface area contributed by atoms with Gasteiger partial charge in [0, 0.05) is 58.0 Å². The predicted molar refractivity (Wildman–Crippen MR) is 225 cm³/mol. The fourth-order valence-electron chi connectivity index (χ4n) is 6.02. The summed E-state index contributed by atoms with van der Waals surface area (Å²) in [6.45, 7) is 0. The third-order valence-electron chi connectivity index (χ3n) is 8.18. The first-order valence-electron chi connectivity index (χ1n) is 15.5. The molecule has 0 fully saturated rings. The Hall–Kier alpha value is -2.32. The van der Waals surface area contributed by atoms with Crippen LogP contribution < -0.4 is 31.8 Å². The van der Waals surface area contributed by atoms with Crippen molar-refractivity contribution in [3.63, 3.8) is 0 Å². The molecule has 0 bridgehead atoms. The van der Waals surface area contributed by atoms with E-state index in [1.807, 2.05) is 188 Å². The maximum Gasteiger partial charge on any atom is 0.161 e. The Morgan fingerprint density at radius 1 is 0.412 bits per heavy atom. The summed E-state index contributed by atoms with van der Waals surface area (Å²) in [4.78, 5) is 0. The largest absolute Gasteiger partial charge is 0.312 e. The van der Waals surface area contributed by atoms with Crippen LogP contribution in [-0.2, 0) is 39.9 Å². The van der Waals surface area contributed by atoms with E-state index in [-0.39, 0.29) is 51.0 Å². The molecule has 0 aliphatic heterocycles. The molecule has 0 spiro atoms. The zero-order valence-electron chi connectivity index (χ0n) is 27.4. The smallest absolute Gasteiger partial charge is 0.161 e. The first-order chi connectivity index (χ1) is 23.5. The minimum Gasteiger partial charge on any atom is -0.312 e. The summed E-state index contributed by atoms with van der Waals surface area (Å²) in [7, 11) is -9.55. The van der Waals surface area contributed by atoms with Crippen LogP contribution in [0.1, 0.15) is 0 Å². The molecule has 1 atom stereocenters. The molecule has 1 heterocycles. The van der Waals surface area contributed by atoms with Crippen LogP contribution in [0, 0.1) is 5.80 Å². The average molecular weight is 882 g/mol. The zero-order chi connectivity index (χ0) is 33.3. The normalized spacial score (nSPS) is 11.4. The van der Waals surface area contributed by atoms with E-state index in [0.717, 1.165) is 7.87 Å². The van der Waals surface area contributed by atoms with Crippen LogP contribution in [0.4, 0.5) is 0 Å². The van der Waals surface area contributed by atoms with E-state index in [1.165, 1.54) is 7.87 Å². The molecule has 0 saturated heterocycles. The quantitative estimate of drug-likeness (QED) is 0.107. The Bertz CT molecular complexity index is 1790. The first-order valence-corrected chi connectivity index (χ1v) is 23.6. The van der Waals surface area contributed by atoms with E-state index in [0.29, 0.717) is 31.8 Å². The van der Waals surface area contributed by atoms with Crippen molar-refractivity contribution in [1.82, 2.24) is 0 Å². The molecule has 6 aromatic carbocycles. The van der Waals surface area contributed by atoms with Crippen molar-refractivity contribution in [1.29, 1.82) is 0 Å². The van der Waals surface area contributed by atoms with Crippen LogP contribution in [0.25, 0.3) is 0 Å². The van der Waals surface area contributed by atoms with Crippen LogP contribution in [0.5, 0.6) is 0 Å². The third kappa shape index (κ3) is 9.08. The molecule has 0 aliphatic carbocycles. The van der Waals surface area contributed by atoms with Gasteiger partial charge in [-0.3, -0.25) is 0 Å². The third-order valence-corrected chi connectivity index (χ3v) is 24.3. The number of halogens is 2. The fraction of sp³-hybridized carbons (Fsp3) is 0.0250. The summed E-state index contributed by atoms with van der Waals surface area (Å²) < 4.78 is 49.7. The van der Waals surface area contributed by atoms with Crippen LogP contribution in [0.15, 0.2) is 194 Å². The Labute approximate surface area is 335 Å². The van der Waals surface area contributed by atoms with E-state index in [1.54, 1.807) is 0 Å². The Morgan fingerprint density at radius 3 is 0.765 bits per heavy atom. The molecule has 3 nitrogen and oxygen atoms in total. The van der Waals surface area contributed by atoms with Gasteiger partial charge in [0.05, 0.1) is 0 Å². The maximum atomic E-state index is 16.6. The fourth-order valence-corrected chi connectivity index (χ4v) is 24.0. The van der Waals surface area contributed by atoms with Gasteiger partial charge in [-0.25, -0.2) is 19.7 Å². The molecule has 1 unspecified atom stereocenters. The van der Waals surface area contributed by atoms with E-state index < -0.39 is 26.6 Å². The van der Waals surface area contributed by atoms with Crippen molar-refractivity contribution < 1.29 is 39.9 Å². The summed E-state index contributed by atoms with van der Waals surface area (Å²) in [5.74, 6) is 5.17. The predicted octanol–water partition coefficient (Wildman–Crippen LogP) is 10.3. The van der Waals surface area contributed by atoms with Crippen molar-refractivity contribution in [3.05, 3.63) is 200 Å². The van der Waals surface area contributed by atoms with E-state index in [2.05, 4.69) is 11.6 Å². The SMILES string of the molecule is Cl.Cl.O=P(c1ccccc1)(c1ccccc1)C(P(=O)(c1ccccc1)c1ccccc1)P(=O)(c1ccccc1)c1ccccc1.[Zr].[c-]1cc[pH]p1. The second-order valence-corrected chi connectivity index (χ2v) is 23.4. The summed E-state index contributed by atoms with van der Waals surface area (Å²) in [5.41, 5.74) is 0. The van der Waals surface area contributed by atoms with Gasteiger partial charge in [-0.05, 0) is 0 Å². The monoisotopic (exact) mass is 879 g/mol. The molecule has 0 saturated carbocycles. The molecule has 1 aromatic heterocycles. The molecule has 0 N–H and O–H groups in total. The molecule has 51 heavy (non-hydrogen) atoms. The second kappa shape index (κ2) is 20.2.